The Morgan fingerprint density at radius 3 is 1.46 bits per heavy atom. The quantitative estimate of drug-likeness (QED) is 0.653. The van der Waals surface area contributed by atoms with Gasteiger partial charge in [0, 0.05) is 0 Å². The van der Waals surface area contributed by atoms with Crippen LogP contribution >= 0.6 is 0 Å². The summed E-state index contributed by atoms with van der Waals surface area (Å²) in [5.74, 6) is 0. The smallest absolute Gasteiger partial charge is 0.261 e. The van der Waals surface area contributed by atoms with E-state index in [-0.39, 0.29) is 0 Å². The van der Waals surface area contributed by atoms with Crippen LogP contribution in [0.3, 0.4) is 0 Å². The van der Waals surface area contributed by atoms with E-state index in [2.05, 4.69) is 38.1 Å². The highest BCUT2D eigenvalue weighted by Crippen LogP contribution is 2.02. The van der Waals surface area contributed by atoms with Gasteiger partial charge in [0.25, 0.3) is 10.1 Å². The highest BCUT2D eigenvalue weighted by Gasteiger charge is 1.83. The zero-order valence-corrected chi connectivity index (χ0v) is 8.80. The van der Waals surface area contributed by atoms with Crippen LogP contribution in [0.2, 0.25) is 0 Å². The van der Waals surface area contributed by atoms with Crippen molar-refractivity contribution in [3.8, 4) is 0 Å². The molecule has 74 valence electrons. The second kappa shape index (κ2) is 4.99. The van der Waals surface area contributed by atoms with E-state index in [0.29, 0.717) is 6.26 Å². The average Bonchev–Trinajstić information content (AvgIpc) is 1.92. The molecule has 1 rings (SSSR count). The number of benzene rings is 1. The molecule has 0 saturated heterocycles. The Labute approximate surface area is 79.2 Å². The fraction of sp³-hybridized carbons (Fsp3) is 0.333. The molecule has 0 unspecified atom stereocenters. The van der Waals surface area contributed by atoms with Gasteiger partial charge < -0.3 is 0 Å². The monoisotopic (exact) mass is 202 g/mol. The van der Waals surface area contributed by atoms with E-state index in [1.165, 1.54) is 11.1 Å². The molecule has 1 N–H and O–H groups in total. The average molecular weight is 202 g/mol. The zero-order chi connectivity index (χ0) is 10.5. The summed E-state index contributed by atoms with van der Waals surface area (Å²) in [5, 5.41) is 0. The normalized spacial score (nSPS) is 10.2. The van der Waals surface area contributed by atoms with Gasteiger partial charge in [-0.3, -0.25) is 4.55 Å². The molecule has 1 aromatic carbocycles. The molecule has 0 atom stereocenters. The Morgan fingerprint density at radius 2 is 1.31 bits per heavy atom. The van der Waals surface area contributed by atoms with Gasteiger partial charge in [-0.1, -0.05) is 24.3 Å². The second-order valence-corrected chi connectivity index (χ2v) is 4.28. The minimum atomic E-state index is -3.67. The third-order valence-electron chi connectivity index (χ3n) is 1.43. The van der Waals surface area contributed by atoms with Crippen molar-refractivity contribution in [2.45, 2.75) is 13.8 Å². The topological polar surface area (TPSA) is 54.4 Å². The summed E-state index contributed by atoms with van der Waals surface area (Å²) in [5.41, 5.74) is 2.74. The van der Waals surface area contributed by atoms with Crippen molar-refractivity contribution in [3.63, 3.8) is 0 Å². The molecule has 3 nitrogen and oxygen atoms in total. The van der Waals surface area contributed by atoms with Gasteiger partial charge in [0.05, 0.1) is 6.26 Å². The van der Waals surface area contributed by atoms with Gasteiger partial charge in [0.1, 0.15) is 0 Å². The van der Waals surface area contributed by atoms with Gasteiger partial charge in [0.15, 0.2) is 0 Å². The number of hydrogen-bond donors (Lipinski definition) is 1. The molecule has 0 fully saturated rings. The lowest BCUT2D eigenvalue weighted by Gasteiger charge is -1.93. The zero-order valence-electron chi connectivity index (χ0n) is 7.98. The molecular weight excluding hydrogens is 188 g/mol. The Balaban J connectivity index is 0.000000252. The fourth-order valence-electron chi connectivity index (χ4n) is 0.663. The van der Waals surface area contributed by atoms with Crippen LogP contribution in [-0.2, 0) is 10.1 Å². The summed E-state index contributed by atoms with van der Waals surface area (Å²) in [6, 6.07) is 8.36. The molecule has 0 aliphatic carbocycles. The van der Waals surface area contributed by atoms with Crippen molar-refractivity contribution in [3.05, 3.63) is 35.4 Å². The predicted molar refractivity (Wildman–Crippen MR) is 53.4 cm³/mol. The summed E-state index contributed by atoms with van der Waals surface area (Å²) in [6.07, 6.45) is 0.715. The third kappa shape index (κ3) is 9.04. The second-order valence-electron chi connectivity index (χ2n) is 2.82. The number of aryl methyl sites for hydroxylation is 2. The van der Waals surface area contributed by atoms with Crippen molar-refractivity contribution in [1.29, 1.82) is 0 Å². The largest absolute Gasteiger partial charge is 0.286 e. The maximum Gasteiger partial charge on any atom is 0.261 e. The van der Waals surface area contributed by atoms with E-state index in [0.717, 1.165) is 0 Å². The van der Waals surface area contributed by atoms with Crippen molar-refractivity contribution >= 4 is 10.1 Å². The summed E-state index contributed by atoms with van der Waals surface area (Å²) < 4.78 is 25.9. The summed E-state index contributed by atoms with van der Waals surface area (Å²) >= 11 is 0. The minimum absolute atomic E-state index is 0.715. The van der Waals surface area contributed by atoms with E-state index in [1.807, 2.05) is 0 Å². The Bertz CT molecular complexity index is 326. The van der Waals surface area contributed by atoms with Crippen molar-refractivity contribution in [2.24, 2.45) is 0 Å². The molecule has 13 heavy (non-hydrogen) atoms. The van der Waals surface area contributed by atoms with Crippen LogP contribution in [0.25, 0.3) is 0 Å². The number of hydrogen-bond acceptors (Lipinski definition) is 2. The van der Waals surface area contributed by atoms with Crippen LogP contribution in [0, 0.1) is 13.8 Å². The molecule has 0 saturated carbocycles. The van der Waals surface area contributed by atoms with Gasteiger partial charge in [-0.25, -0.2) is 0 Å². The van der Waals surface area contributed by atoms with Crippen LogP contribution in [0.1, 0.15) is 11.1 Å². The first-order chi connectivity index (χ1) is 5.80. The molecular formula is C9H14O3S. The first kappa shape index (κ1) is 12.1. The van der Waals surface area contributed by atoms with E-state index >= 15 is 0 Å². The summed E-state index contributed by atoms with van der Waals surface area (Å²) in [4.78, 5) is 0. The summed E-state index contributed by atoms with van der Waals surface area (Å²) in [6.45, 7) is 4.24. The van der Waals surface area contributed by atoms with Gasteiger partial charge in [-0.2, -0.15) is 8.42 Å². The molecule has 0 spiro atoms. The molecule has 4 heteroatoms. The van der Waals surface area contributed by atoms with E-state index in [4.69, 9.17) is 4.55 Å². The van der Waals surface area contributed by atoms with E-state index < -0.39 is 10.1 Å². The van der Waals surface area contributed by atoms with Gasteiger partial charge >= 0.3 is 0 Å². The first-order valence-electron chi connectivity index (χ1n) is 3.75. The maximum absolute atomic E-state index is 9.19. The summed E-state index contributed by atoms with van der Waals surface area (Å²) in [7, 11) is -3.67. The molecule has 0 bridgehead atoms. The lowest BCUT2D eigenvalue weighted by Crippen LogP contribution is -1.88. The molecule has 0 aromatic heterocycles. The lowest BCUT2D eigenvalue weighted by molar-refractivity contribution is 0.490. The van der Waals surface area contributed by atoms with Crippen LogP contribution < -0.4 is 0 Å². The highest BCUT2D eigenvalue weighted by atomic mass is 32.2. The molecule has 0 aliphatic heterocycles. The van der Waals surface area contributed by atoms with Crippen molar-refractivity contribution < 1.29 is 13.0 Å². The lowest BCUT2D eigenvalue weighted by atomic mass is 10.1. The van der Waals surface area contributed by atoms with Crippen LogP contribution in [0.4, 0.5) is 0 Å². The van der Waals surface area contributed by atoms with Crippen LogP contribution in [0.15, 0.2) is 24.3 Å². The molecule has 0 radical (unpaired) electrons. The Kier molecular flexibility index (Phi) is 4.66. The molecule has 0 heterocycles. The highest BCUT2D eigenvalue weighted by molar-refractivity contribution is 7.85. The Morgan fingerprint density at radius 1 is 1.08 bits per heavy atom. The molecule has 1 aromatic rings. The SMILES string of the molecule is CS(=O)(=O)O.Cc1ccccc1C. The molecule has 0 amide bonds. The fourth-order valence-corrected chi connectivity index (χ4v) is 0.663. The van der Waals surface area contributed by atoms with Crippen molar-refractivity contribution in [1.82, 2.24) is 0 Å². The number of rotatable bonds is 0. The van der Waals surface area contributed by atoms with Gasteiger partial charge in [-0.05, 0) is 25.0 Å². The maximum atomic E-state index is 9.19. The third-order valence-corrected chi connectivity index (χ3v) is 1.43. The Hall–Kier alpha value is -0.870. The first-order valence-corrected chi connectivity index (χ1v) is 5.60. The molecule has 0 aliphatic rings. The van der Waals surface area contributed by atoms with Crippen LogP contribution in [-0.4, -0.2) is 19.2 Å². The predicted octanol–water partition coefficient (Wildman–Crippen LogP) is 1.81. The van der Waals surface area contributed by atoms with Gasteiger partial charge in [-0.15, -0.1) is 0 Å². The van der Waals surface area contributed by atoms with Gasteiger partial charge in [0.2, 0.25) is 0 Å². The van der Waals surface area contributed by atoms with E-state index in [1.54, 1.807) is 0 Å². The standard InChI is InChI=1S/C8H10.CH4O3S/c1-7-5-3-4-6-8(7)2;1-5(2,3)4/h3-6H,1-2H3;1H3,(H,2,3,4). The van der Waals surface area contributed by atoms with Crippen LogP contribution in [0.5, 0.6) is 0 Å². The van der Waals surface area contributed by atoms with Crippen molar-refractivity contribution in [2.75, 3.05) is 6.26 Å². The van der Waals surface area contributed by atoms with E-state index in [9.17, 15) is 8.42 Å². The minimum Gasteiger partial charge on any atom is -0.286 e.